The largest absolute Gasteiger partial charge is 0.487 e. The second kappa shape index (κ2) is 8.09. The molecule has 0 spiro atoms. The van der Waals surface area contributed by atoms with Crippen LogP contribution in [0.3, 0.4) is 0 Å². The van der Waals surface area contributed by atoms with Crippen LogP contribution in [0.4, 0.5) is 5.69 Å². The van der Waals surface area contributed by atoms with Crippen molar-refractivity contribution in [3.05, 3.63) is 95.6 Å². The second-order valence-corrected chi connectivity index (χ2v) is 6.97. The van der Waals surface area contributed by atoms with E-state index in [1.807, 2.05) is 6.07 Å². The first-order chi connectivity index (χ1) is 12.9. The quantitative estimate of drug-likeness (QED) is 0.627. The maximum Gasteiger partial charge on any atom is 0.143 e. The van der Waals surface area contributed by atoms with E-state index >= 15 is 0 Å². The number of para-hydroxylation sites is 1. The molecule has 2 nitrogen and oxygen atoms in total. The fourth-order valence-corrected chi connectivity index (χ4v) is 3.61. The highest BCUT2D eigenvalue weighted by molar-refractivity contribution is 5.64. The number of ether oxygens (including phenoxy) is 1. The molecule has 0 saturated carbocycles. The summed E-state index contributed by atoms with van der Waals surface area (Å²) in [6.45, 7) is 0.605. The molecule has 1 aliphatic heterocycles. The number of fused-ring (bicyclic) bond motifs is 1. The molecule has 1 N–H and O–H groups in total. The van der Waals surface area contributed by atoms with E-state index in [-0.39, 0.29) is 0 Å². The molecule has 1 atom stereocenters. The van der Waals surface area contributed by atoms with Gasteiger partial charge in [0.2, 0.25) is 0 Å². The third-order valence-corrected chi connectivity index (χ3v) is 5.08. The van der Waals surface area contributed by atoms with E-state index in [1.54, 1.807) is 0 Å². The third-order valence-electron chi connectivity index (χ3n) is 5.08. The van der Waals surface area contributed by atoms with Crippen molar-refractivity contribution in [2.75, 3.05) is 5.32 Å². The predicted octanol–water partition coefficient (Wildman–Crippen LogP) is 5.63. The molecule has 0 aliphatic carbocycles. The van der Waals surface area contributed by atoms with E-state index in [4.69, 9.17) is 4.74 Å². The Labute approximate surface area is 155 Å². The molecule has 0 saturated heterocycles. The minimum absolute atomic E-state index is 0.504. The van der Waals surface area contributed by atoms with Crippen molar-refractivity contribution in [3.63, 3.8) is 0 Å². The first-order valence-electron chi connectivity index (χ1n) is 9.47. The van der Waals surface area contributed by atoms with Gasteiger partial charge in [-0.3, -0.25) is 0 Å². The Morgan fingerprint density at radius 3 is 2.31 bits per heavy atom. The molecule has 0 fully saturated rings. The molecule has 3 aromatic carbocycles. The molecule has 0 amide bonds. The van der Waals surface area contributed by atoms with Crippen molar-refractivity contribution < 1.29 is 4.74 Å². The fraction of sp³-hybridized carbons (Fsp3) is 0.250. The molecule has 1 heterocycles. The van der Waals surface area contributed by atoms with Crippen molar-refractivity contribution in [3.8, 4) is 5.75 Å². The maximum atomic E-state index is 6.14. The zero-order valence-corrected chi connectivity index (χ0v) is 15.0. The number of rotatable bonds is 6. The summed E-state index contributed by atoms with van der Waals surface area (Å²) in [6.07, 6.45) is 4.56. The van der Waals surface area contributed by atoms with Crippen molar-refractivity contribution in [2.24, 2.45) is 0 Å². The molecule has 4 rings (SSSR count). The molecular weight excluding hydrogens is 318 g/mol. The Bertz CT molecular complexity index is 829. The van der Waals surface area contributed by atoms with Gasteiger partial charge >= 0.3 is 0 Å². The second-order valence-electron chi connectivity index (χ2n) is 6.97. The van der Waals surface area contributed by atoms with Crippen LogP contribution in [0.5, 0.6) is 5.75 Å². The minimum atomic E-state index is 0.504. The van der Waals surface area contributed by atoms with Crippen LogP contribution < -0.4 is 10.1 Å². The summed E-state index contributed by atoms with van der Waals surface area (Å²) in [6, 6.07) is 28.0. The SMILES string of the molecule is c1ccc(CCC2CCc3cccc(OCc4ccccc4)c3N2)cc1. The molecule has 0 aromatic heterocycles. The lowest BCUT2D eigenvalue weighted by molar-refractivity contribution is 0.306. The Hall–Kier alpha value is -2.74. The van der Waals surface area contributed by atoms with Crippen LogP contribution in [-0.2, 0) is 19.4 Å². The minimum Gasteiger partial charge on any atom is -0.487 e. The van der Waals surface area contributed by atoms with E-state index in [1.165, 1.54) is 28.8 Å². The number of hydrogen-bond donors (Lipinski definition) is 1. The lowest BCUT2D eigenvalue weighted by Crippen LogP contribution is -2.26. The first kappa shape index (κ1) is 16.7. The van der Waals surface area contributed by atoms with Gasteiger partial charge in [0.25, 0.3) is 0 Å². The molecule has 1 unspecified atom stereocenters. The van der Waals surface area contributed by atoms with Crippen LogP contribution in [0.1, 0.15) is 29.5 Å². The number of nitrogens with one attached hydrogen (secondary N) is 1. The smallest absolute Gasteiger partial charge is 0.143 e. The summed E-state index contributed by atoms with van der Waals surface area (Å²) in [5.41, 5.74) is 5.16. The van der Waals surface area contributed by atoms with Crippen molar-refractivity contribution >= 4 is 5.69 Å². The first-order valence-corrected chi connectivity index (χ1v) is 9.47. The molecule has 0 radical (unpaired) electrons. The van der Waals surface area contributed by atoms with Crippen LogP contribution in [-0.4, -0.2) is 6.04 Å². The molecule has 2 heteroatoms. The summed E-state index contributed by atoms with van der Waals surface area (Å²) in [5.74, 6) is 0.968. The van der Waals surface area contributed by atoms with E-state index in [0.717, 1.165) is 25.0 Å². The van der Waals surface area contributed by atoms with Gasteiger partial charge < -0.3 is 10.1 Å². The zero-order chi connectivity index (χ0) is 17.6. The number of aryl methyl sites for hydroxylation is 2. The highest BCUT2D eigenvalue weighted by atomic mass is 16.5. The number of anilines is 1. The summed E-state index contributed by atoms with van der Waals surface area (Å²) >= 11 is 0. The van der Waals surface area contributed by atoms with Crippen LogP contribution >= 0.6 is 0 Å². The monoisotopic (exact) mass is 343 g/mol. The van der Waals surface area contributed by atoms with Crippen LogP contribution in [0.25, 0.3) is 0 Å². The Balaban J connectivity index is 1.42. The summed E-state index contributed by atoms with van der Waals surface area (Å²) in [7, 11) is 0. The van der Waals surface area contributed by atoms with E-state index in [2.05, 4.69) is 78.1 Å². The van der Waals surface area contributed by atoms with Gasteiger partial charge in [-0.25, -0.2) is 0 Å². The maximum absolute atomic E-state index is 6.14. The molecule has 3 aromatic rings. The Morgan fingerprint density at radius 2 is 1.54 bits per heavy atom. The van der Waals surface area contributed by atoms with E-state index in [9.17, 15) is 0 Å². The van der Waals surface area contributed by atoms with Crippen molar-refractivity contribution in [1.82, 2.24) is 0 Å². The van der Waals surface area contributed by atoms with Crippen LogP contribution in [0, 0.1) is 0 Å². The third kappa shape index (κ3) is 4.08. The van der Waals surface area contributed by atoms with Gasteiger partial charge in [0.15, 0.2) is 0 Å². The Morgan fingerprint density at radius 1 is 0.808 bits per heavy atom. The highest BCUT2D eigenvalue weighted by Gasteiger charge is 2.20. The van der Waals surface area contributed by atoms with Crippen molar-refractivity contribution in [2.45, 2.75) is 38.3 Å². The summed E-state index contributed by atoms with van der Waals surface area (Å²) in [4.78, 5) is 0. The molecular formula is C24H25NO. The lowest BCUT2D eigenvalue weighted by Gasteiger charge is -2.29. The van der Waals surface area contributed by atoms with Gasteiger partial charge in [0.05, 0.1) is 5.69 Å². The van der Waals surface area contributed by atoms with Crippen molar-refractivity contribution in [1.29, 1.82) is 0 Å². The molecule has 26 heavy (non-hydrogen) atoms. The summed E-state index contributed by atoms with van der Waals surface area (Å²) < 4.78 is 6.14. The number of hydrogen-bond acceptors (Lipinski definition) is 2. The molecule has 0 bridgehead atoms. The van der Waals surface area contributed by atoms with Gasteiger partial charge in [-0.05, 0) is 48.4 Å². The average Bonchev–Trinajstić information content (AvgIpc) is 2.72. The zero-order valence-electron chi connectivity index (χ0n) is 15.0. The van der Waals surface area contributed by atoms with E-state index < -0.39 is 0 Å². The molecule has 132 valence electrons. The fourth-order valence-electron chi connectivity index (χ4n) is 3.61. The van der Waals surface area contributed by atoms with Gasteiger partial charge in [0, 0.05) is 6.04 Å². The van der Waals surface area contributed by atoms with Crippen LogP contribution in [0.15, 0.2) is 78.9 Å². The van der Waals surface area contributed by atoms with Crippen LogP contribution in [0.2, 0.25) is 0 Å². The predicted molar refractivity (Wildman–Crippen MR) is 108 cm³/mol. The standard InChI is InChI=1S/C24H25NO/c1-3-8-19(9-4-1)14-16-22-17-15-21-12-7-13-23(24(21)25-22)26-18-20-10-5-2-6-11-20/h1-13,22,25H,14-18H2. The number of benzene rings is 3. The topological polar surface area (TPSA) is 21.3 Å². The van der Waals surface area contributed by atoms with E-state index in [0.29, 0.717) is 12.6 Å². The average molecular weight is 343 g/mol. The van der Waals surface area contributed by atoms with Gasteiger partial charge in [-0.2, -0.15) is 0 Å². The Kier molecular flexibility index (Phi) is 5.20. The van der Waals surface area contributed by atoms with Gasteiger partial charge in [0.1, 0.15) is 12.4 Å². The van der Waals surface area contributed by atoms with Gasteiger partial charge in [-0.15, -0.1) is 0 Å². The van der Waals surface area contributed by atoms with Gasteiger partial charge in [-0.1, -0.05) is 72.8 Å². The highest BCUT2D eigenvalue weighted by Crippen LogP contribution is 2.35. The summed E-state index contributed by atoms with van der Waals surface area (Å²) in [5, 5.41) is 3.75. The lowest BCUT2D eigenvalue weighted by atomic mass is 9.93. The normalized spacial score (nSPS) is 15.8. The molecule has 1 aliphatic rings.